The van der Waals surface area contributed by atoms with Gasteiger partial charge in [0.15, 0.2) is 0 Å². The molecule has 6 nitrogen and oxygen atoms in total. The highest BCUT2D eigenvalue weighted by Crippen LogP contribution is 2.52. The van der Waals surface area contributed by atoms with Crippen LogP contribution in [0, 0.1) is 5.41 Å². The molecular weight excluding hydrogens is 296 g/mol. The highest BCUT2D eigenvalue weighted by molar-refractivity contribution is 7.80. The summed E-state index contributed by atoms with van der Waals surface area (Å²) in [5.41, 5.74) is -0.952. The molecule has 0 bridgehead atoms. The van der Waals surface area contributed by atoms with Crippen molar-refractivity contribution in [1.82, 2.24) is 0 Å². The molecule has 3 unspecified atom stereocenters. The van der Waals surface area contributed by atoms with Gasteiger partial charge >= 0.3 is 14.9 Å². The van der Waals surface area contributed by atoms with Crippen molar-refractivity contribution in [1.29, 1.82) is 0 Å². The minimum absolute atomic E-state index is 0.301. The fourth-order valence-corrected chi connectivity index (χ4v) is 2.79. The Morgan fingerprint density at radius 1 is 1.41 bits per heavy atom. The van der Waals surface area contributed by atoms with Crippen molar-refractivity contribution in [2.75, 3.05) is 6.61 Å². The summed E-state index contributed by atoms with van der Waals surface area (Å²) in [5.74, 6) is 0. The van der Waals surface area contributed by atoms with E-state index >= 15 is 0 Å². The Kier molecular flexibility index (Phi) is 6.30. The topological polar surface area (TPSA) is 93.1 Å². The number of hydrogen-bond donors (Lipinski definition) is 2. The summed E-state index contributed by atoms with van der Waals surface area (Å²) in [6.45, 7) is 0.0624. The molecule has 0 radical (unpaired) electrons. The molecule has 10 heteroatoms. The maximum Gasteiger partial charge on any atom is 0.510 e. The first kappa shape index (κ1) is 17.5. The van der Waals surface area contributed by atoms with Crippen molar-refractivity contribution in [3.8, 4) is 0 Å². The first-order valence-corrected chi connectivity index (χ1v) is 8.70. The minimum Gasteiger partial charge on any atom is -0.313 e. The lowest BCUT2D eigenvalue weighted by Crippen LogP contribution is -2.34. The average molecular weight is 313 g/mol. The molecule has 0 rings (SSSR count). The largest absolute Gasteiger partial charge is 0.510 e. The SMILES string of the molecule is CCC(OP(=O)(O)Cl)C(C)(C)COP(=O)(O)F. The van der Waals surface area contributed by atoms with E-state index in [-0.39, 0.29) is 0 Å². The van der Waals surface area contributed by atoms with E-state index in [1.807, 2.05) is 0 Å². The van der Waals surface area contributed by atoms with Gasteiger partial charge in [-0.05, 0) is 6.42 Å². The third-order valence-electron chi connectivity index (χ3n) is 2.10. The summed E-state index contributed by atoms with van der Waals surface area (Å²) in [4.78, 5) is 17.3. The summed E-state index contributed by atoms with van der Waals surface area (Å²) in [6, 6.07) is 0. The molecule has 0 spiro atoms. The normalized spacial score (nSPS) is 21.6. The molecule has 0 aliphatic rings. The van der Waals surface area contributed by atoms with Crippen LogP contribution in [0.25, 0.3) is 0 Å². The van der Waals surface area contributed by atoms with E-state index in [4.69, 9.17) is 25.6 Å². The zero-order valence-electron chi connectivity index (χ0n) is 9.67. The molecule has 0 saturated carbocycles. The van der Waals surface area contributed by atoms with Crippen molar-refractivity contribution in [3.63, 3.8) is 0 Å². The second-order valence-corrected chi connectivity index (χ2v) is 7.72. The first-order valence-electron chi connectivity index (χ1n) is 4.75. The van der Waals surface area contributed by atoms with Gasteiger partial charge in [0.2, 0.25) is 0 Å². The highest BCUT2D eigenvalue weighted by atomic mass is 35.7. The number of hydrogen-bond acceptors (Lipinski definition) is 4. The van der Waals surface area contributed by atoms with Gasteiger partial charge in [0.1, 0.15) is 0 Å². The minimum atomic E-state index is -5.08. The van der Waals surface area contributed by atoms with E-state index in [0.717, 1.165) is 0 Å². The van der Waals surface area contributed by atoms with Crippen molar-refractivity contribution in [3.05, 3.63) is 0 Å². The predicted octanol–water partition coefficient (Wildman–Crippen LogP) is 3.23. The van der Waals surface area contributed by atoms with Crippen LogP contribution in [0.4, 0.5) is 4.20 Å². The fourth-order valence-electron chi connectivity index (χ4n) is 1.27. The van der Waals surface area contributed by atoms with Crippen LogP contribution >= 0.6 is 26.1 Å². The quantitative estimate of drug-likeness (QED) is 0.701. The van der Waals surface area contributed by atoms with Gasteiger partial charge in [-0.1, -0.05) is 20.8 Å². The molecule has 0 saturated heterocycles. The fraction of sp³-hybridized carbons (Fsp3) is 1.00. The van der Waals surface area contributed by atoms with Crippen molar-refractivity contribution < 1.29 is 32.2 Å². The van der Waals surface area contributed by atoms with Gasteiger partial charge in [-0.25, -0.2) is 9.13 Å². The van der Waals surface area contributed by atoms with Crippen molar-refractivity contribution in [2.45, 2.75) is 33.3 Å². The number of halogens is 2. The van der Waals surface area contributed by atoms with Crippen LogP contribution in [0.2, 0.25) is 0 Å². The Bertz CT molecular complexity index is 337. The van der Waals surface area contributed by atoms with E-state index in [2.05, 4.69) is 4.52 Å². The summed E-state index contributed by atoms with van der Waals surface area (Å²) in [7, 11) is -5.08. The Balaban J connectivity index is 4.64. The molecular formula is C7H16ClFO6P2. The van der Waals surface area contributed by atoms with E-state index in [9.17, 15) is 13.3 Å². The Morgan fingerprint density at radius 3 is 2.18 bits per heavy atom. The Hall–Kier alpha value is 0.520. The molecule has 0 aliphatic carbocycles. The van der Waals surface area contributed by atoms with Gasteiger partial charge in [0.05, 0.1) is 12.7 Å². The molecule has 0 amide bonds. The van der Waals surface area contributed by atoms with Gasteiger partial charge in [-0.2, -0.15) is 0 Å². The van der Waals surface area contributed by atoms with Gasteiger partial charge in [-0.15, -0.1) is 4.20 Å². The van der Waals surface area contributed by atoms with Gasteiger partial charge < -0.3 is 4.89 Å². The van der Waals surface area contributed by atoms with E-state index in [0.29, 0.717) is 6.42 Å². The van der Waals surface area contributed by atoms with Crippen LogP contribution in [-0.4, -0.2) is 22.5 Å². The lowest BCUT2D eigenvalue weighted by molar-refractivity contribution is 0.0212. The van der Waals surface area contributed by atoms with Gasteiger partial charge in [-0.3, -0.25) is 13.9 Å². The monoisotopic (exact) mass is 312 g/mol. The molecule has 0 aromatic rings. The first-order chi connectivity index (χ1) is 7.37. The molecule has 0 fully saturated rings. The van der Waals surface area contributed by atoms with E-state index < -0.39 is 33.0 Å². The zero-order chi connectivity index (χ0) is 13.9. The van der Waals surface area contributed by atoms with Crippen LogP contribution in [0.3, 0.4) is 0 Å². The molecule has 0 aromatic heterocycles. The molecule has 0 aromatic carbocycles. The molecule has 3 atom stereocenters. The molecule has 104 valence electrons. The third kappa shape index (κ3) is 8.27. The lowest BCUT2D eigenvalue weighted by Gasteiger charge is -2.32. The van der Waals surface area contributed by atoms with Crippen LogP contribution in [0.5, 0.6) is 0 Å². The summed E-state index contributed by atoms with van der Waals surface area (Å²) >= 11 is 5.07. The van der Waals surface area contributed by atoms with E-state index in [1.165, 1.54) is 13.8 Å². The molecule has 0 heterocycles. The molecule has 0 aliphatic heterocycles. The average Bonchev–Trinajstić information content (AvgIpc) is 2.08. The maximum absolute atomic E-state index is 12.3. The van der Waals surface area contributed by atoms with Crippen molar-refractivity contribution >= 4 is 26.1 Å². The summed E-state index contributed by atoms with van der Waals surface area (Å²) in [6.07, 6.45) is -0.516. The molecule has 17 heavy (non-hydrogen) atoms. The van der Waals surface area contributed by atoms with Crippen molar-refractivity contribution in [2.24, 2.45) is 5.41 Å². The second kappa shape index (κ2) is 6.11. The Morgan fingerprint density at radius 2 is 1.88 bits per heavy atom. The van der Waals surface area contributed by atoms with Crippen LogP contribution in [0.15, 0.2) is 0 Å². The standard InChI is InChI=1S/C7H16ClFO6P2/c1-4-6(15-16(8,10)11)7(2,3)5-14-17(9,12)13/h6H,4-5H2,1-3H3,(H,10,11)(H,12,13). The molecule has 2 N–H and O–H groups in total. The van der Waals surface area contributed by atoms with Crippen LogP contribution < -0.4 is 0 Å². The summed E-state index contributed by atoms with van der Waals surface area (Å²) < 4.78 is 42.5. The second-order valence-electron chi connectivity index (χ2n) is 4.17. The van der Waals surface area contributed by atoms with Crippen LogP contribution in [-0.2, 0) is 18.2 Å². The lowest BCUT2D eigenvalue weighted by atomic mass is 9.86. The van der Waals surface area contributed by atoms with Crippen LogP contribution in [0.1, 0.15) is 27.2 Å². The summed E-state index contributed by atoms with van der Waals surface area (Å²) in [5, 5.41) is 0. The zero-order valence-corrected chi connectivity index (χ0v) is 12.2. The van der Waals surface area contributed by atoms with E-state index in [1.54, 1.807) is 6.92 Å². The Labute approximate surface area is 104 Å². The maximum atomic E-state index is 12.3. The smallest absolute Gasteiger partial charge is 0.313 e. The predicted molar refractivity (Wildman–Crippen MR) is 61.5 cm³/mol. The number of rotatable bonds is 7. The van der Waals surface area contributed by atoms with Gasteiger partial charge in [0, 0.05) is 16.7 Å². The van der Waals surface area contributed by atoms with Gasteiger partial charge in [0.25, 0.3) is 0 Å². The highest BCUT2D eigenvalue weighted by Gasteiger charge is 2.36. The third-order valence-corrected chi connectivity index (χ3v) is 3.30.